The third kappa shape index (κ3) is 6.38. The minimum Gasteiger partial charge on any atom is -0.352 e. The number of thioether (sulfide) groups is 1. The molecule has 0 aliphatic heterocycles. The molecule has 0 atom stereocenters. The lowest BCUT2D eigenvalue weighted by Crippen LogP contribution is -2.24. The lowest BCUT2D eigenvalue weighted by molar-refractivity contribution is 0.0954. The highest BCUT2D eigenvalue weighted by Gasteiger charge is 2.04. The first kappa shape index (κ1) is 17.8. The van der Waals surface area contributed by atoms with Gasteiger partial charge in [0.05, 0.1) is 5.03 Å². The van der Waals surface area contributed by atoms with Gasteiger partial charge in [0.15, 0.2) is 0 Å². The van der Waals surface area contributed by atoms with Gasteiger partial charge in [-0.1, -0.05) is 17.7 Å². The lowest BCUT2D eigenvalue weighted by Gasteiger charge is -2.05. The Morgan fingerprint density at radius 3 is 2.62 bits per heavy atom. The topological polar surface area (TPSA) is 42.0 Å². The molecule has 0 fully saturated rings. The van der Waals surface area contributed by atoms with E-state index in [0.29, 0.717) is 17.1 Å². The summed E-state index contributed by atoms with van der Waals surface area (Å²) < 4.78 is 0. The lowest BCUT2D eigenvalue weighted by atomic mass is 10.2. The van der Waals surface area contributed by atoms with Crippen molar-refractivity contribution in [1.29, 1.82) is 0 Å². The Labute approximate surface area is 139 Å². The van der Waals surface area contributed by atoms with Gasteiger partial charge in [0.1, 0.15) is 0 Å². The molecule has 2 rings (SSSR count). The number of nitrogens with zero attached hydrogens (tertiary/aromatic N) is 1. The predicted octanol–water partition coefficient (Wildman–Crippen LogP) is 4.07. The van der Waals surface area contributed by atoms with Crippen LogP contribution in [0.15, 0.2) is 53.7 Å². The average Bonchev–Trinajstić information content (AvgIpc) is 2.48. The smallest absolute Gasteiger partial charge is 0.251 e. The summed E-state index contributed by atoms with van der Waals surface area (Å²) in [5.74, 6) is 0.863. The third-order valence-electron chi connectivity index (χ3n) is 2.60. The van der Waals surface area contributed by atoms with E-state index in [1.807, 2.05) is 18.2 Å². The zero-order valence-corrected chi connectivity index (χ0v) is 13.7. The number of hydrogen-bond acceptors (Lipinski definition) is 3. The van der Waals surface area contributed by atoms with Crippen LogP contribution in [-0.4, -0.2) is 23.2 Å². The molecule has 1 aromatic carbocycles. The van der Waals surface area contributed by atoms with Crippen LogP contribution in [0.25, 0.3) is 0 Å². The van der Waals surface area contributed by atoms with Crippen LogP contribution in [0.2, 0.25) is 5.02 Å². The summed E-state index contributed by atoms with van der Waals surface area (Å²) in [5, 5.41) is 4.53. The highest BCUT2D eigenvalue weighted by atomic mass is 35.5. The van der Waals surface area contributed by atoms with E-state index in [9.17, 15) is 4.79 Å². The highest BCUT2D eigenvalue weighted by Crippen LogP contribution is 2.14. The fourth-order valence-corrected chi connectivity index (χ4v) is 2.52. The molecule has 1 amide bonds. The molecule has 0 saturated heterocycles. The minimum absolute atomic E-state index is 0. The molecule has 0 spiro atoms. The number of amides is 1. The Morgan fingerprint density at radius 1 is 1.19 bits per heavy atom. The van der Waals surface area contributed by atoms with E-state index >= 15 is 0 Å². The number of pyridine rings is 1. The Balaban J connectivity index is 0.00000220. The number of nitrogens with one attached hydrogen (secondary N) is 1. The van der Waals surface area contributed by atoms with Crippen molar-refractivity contribution < 1.29 is 4.79 Å². The third-order valence-corrected chi connectivity index (χ3v) is 3.88. The second-order valence-electron chi connectivity index (χ2n) is 4.13. The van der Waals surface area contributed by atoms with Gasteiger partial charge >= 0.3 is 0 Å². The molecule has 0 aliphatic rings. The Hall–Kier alpha value is -1.23. The van der Waals surface area contributed by atoms with Crippen LogP contribution in [0.5, 0.6) is 0 Å². The van der Waals surface area contributed by atoms with E-state index in [1.54, 1.807) is 42.2 Å². The number of aromatic nitrogens is 1. The van der Waals surface area contributed by atoms with E-state index in [0.717, 1.165) is 17.2 Å². The van der Waals surface area contributed by atoms with Crippen LogP contribution in [0.3, 0.4) is 0 Å². The van der Waals surface area contributed by atoms with Crippen molar-refractivity contribution in [2.75, 3.05) is 12.3 Å². The van der Waals surface area contributed by atoms with Gasteiger partial charge in [0.2, 0.25) is 0 Å². The Morgan fingerprint density at radius 2 is 1.95 bits per heavy atom. The van der Waals surface area contributed by atoms with Crippen molar-refractivity contribution in [1.82, 2.24) is 10.3 Å². The number of halogens is 2. The van der Waals surface area contributed by atoms with Crippen LogP contribution in [0.4, 0.5) is 0 Å². The van der Waals surface area contributed by atoms with Crippen LogP contribution in [-0.2, 0) is 0 Å². The molecule has 1 N–H and O–H groups in total. The van der Waals surface area contributed by atoms with E-state index in [1.165, 1.54) is 0 Å². The first-order valence-electron chi connectivity index (χ1n) is 6.33. The quantitative estimate of drug-likeness (QED) is 0.635. The van der Waals surface area contributed by atoms with Gasteiger partial charge in [0, 0.05) is 29.1 Å². The molecule has 0 bridgehead atoms. The summed E-state index contributed by atoms with van der Waals surface area (Å²) in [6.07, 6.45) is 2.69. The summed E-state index contributed by atoms with van der Waals surface area (Å²) in [6, 6.07) is 12.7. The van der Waals surface area contributed by atoms with E-state index in [2.05, 4.69) is 10.3 Å². The van der Waals surface area contributed by atoms with E-state index in [-0.39, 0.29) is 18.3 Å². The molecule has 112 valence electrons. The summed E-state index contributed by atoms with van der Waals surface area (Å²) in [7, 11) is 0. The zero-order valence-electron chi connectivity index (χ0n) is 11.3. The number of carbonyl (C=O) groups excluding carboxylic acids is 1. The van der Waals surface area contributed by atoms with Crippen LogP contribution in [0.1, 0.15) is 16.8 Å². The minimum atomic E-state index is -0.0653. The van der Waals surface area contributed by atoms with Gasteiger partial charge in [0.25, 0.3) is 5.91 Å². The van der Waals surface area contributed by atoms with Gasteiger partial charge in [-0.15, -0.1) is 24.2 Å². The standard InChI is InChI=1S/C15H15ClN2OS.ClH/c16-13-7-5-12(6-8-13)15(19)18-10-3-11-20-14-4-1-2-9-17-14;/h1-2,4-9H,3,10-11H2,(H,18,19);1H. The van der Waals surface area contributed by atoms with Gasteiger partial charge in [-0.25, -0.2) is 4.98 Å². The molecule has 0 aliphatic carbocycles. The van der Waals surface area contributed by atoms with Gasteiger partial charge in [-0.3, -0.25) is 4.79 Å². The molecule has 2 aromatic rings. The van der Waals surface area contributed by atoms with Gasteiger partial charge in [-0.05, 0) is 42.8 Å². The normalized spacial score (nSPS) is 9.76. The molecule has 0 unspecified atom stereocenters. The summed E-state index contributed by atoms with van der Waals surface area (Å²) >= 11 is 7.47. The fourth-order valence-electron chi connectivity index (χ4n) is 1.59. The number of hydrogen-bond donors (Lipinski definition) is 1. The number of carbonyl (C=O) groups is 1. The first-order chi connectivity index (χ1) is 9.75. The molecule has 1 heterocycles. The van der Waals surface area contributed by atoms with Crippen LogP contribution < -0.4 is 5.32 Å². The summed E-state index contributed by atoms with van der Waals surface area (Å²) in [4.78, 5) is 16.0. The maximum Gasteiger partial charge on any atom is 0.251 e. The maximum absolute atomic E-state index is 11.8. The van der Waals surface area contributed by atoms with Crippen LogP contribution >= 0.6 is 35.8 Å². The maximum atomic E-state index is 11.8. The highest BCUT2D eigenvalue weighted by molar-refractivity contribution is 7.99. The van der Waals surface area contributed by atoms with Crippen molar-refractivity contribution in [2.24, 2.45) is 0 Å². The molecule has 21 heavy (non-hydrogen) atoms. The largest absolute Gasteiger partial charge is 0.352 e. The average molecular weight is 343 g/mol. The van der Waals surface area contributed by atoms with E-state index in [4.69, 9.17) is 11.6 Å². The second-order valence-corrected chi connectivity index (χ2v) is 5.68. The monoisotopic (exact) mass is 342 g/mol. The predicted molar refractivity (Wildman–Crippen MR) is 90.6 cm³/mol. The van der Waals surface area contributed by atoms with Crippen molar-refractivity contribution in [3.63, 3.8) is 0 Å². The number of rotatable bonds is 6. The summed E-state index contributed by atoms with van der Waals surface area (Å²) in [6.45, 7) is 0.654. The first-order valence-corrected chi connectivity index (χ1v) is 7.69. The molecule has 1 aromatic heterocycles. The Kier molecular flexibility index (Phi) is 8.20. The molecule has 3 nitrogen and oxygen atoms in total. The fraction of sp³-hybridized carbons (Fsp3) is 0.200. The zero-order chi connectivity index (χ0) is 14.2. The van der Waals surface area contributed by atoms with Crippen molar-refractivity contribution in [2.45, 2.75) is 11.4 Å². The number of benzene rings is 1. The molecular weight excluding hydrogens is 327 g/mol. The van der Waals surface area contributed by atoms with Crippen molar-refractivity contribution in [3.8, 4) is 0 Å². The molecule has 0 saturated carbocycles. The van der Waals surface area contributed by atoms with Crippen molar-refractivity contribution in [3.05, 3.63) is 59.2 Å². The second kappa shape index (κ2) is 9.66. The Bertz CT molecular complexity index is 549. The van der Waals surface area contributed by atoms with Crippen molar-refractivity contribution >= 4 is 41.7 Å². The van der Waals surface area contributed by atoms with E-state index < -0.39 is 0 Å². The summed E-state index contributed by atoms with van der Waals surface area (Å²) in [5.41, 5.74) is 0.631. The SMILES string of the molecule is Cl.O=C(NCCCSc1ccccn1)c1ccc(Cl)cc1. The van der Waals surface area contributed by atoms with Crippen LogP contribution in [0, 0.1) is 0 Å². The molecule has 6 heteroatoms. The molecule has 0 radical (unpaired) electrons. The van der Waals surface area contributed by atoms with Gasteiger partial charge < -0.3 is 5.32 Å². The van der Waals surface area contributed by atoms with Gasteiger partial charge in [-0.2, -0.15) is 0 Å². The molecular formula is C15H16Cl2N2OS.